The maximum atomic E-state index is 13.0. The van der Waals surface area contributed by atoms with Gasteiger partial charge in [-0.2, -0.15) is 0 Å². The highest BCUT2D eigenvalue weighted by atomic mass is 35.5. The highest BCUT2D eigenvalue weighted by Gasteiger charge is 2.25. The molecule has 6 nitrogen and oxygen atoms in total. The van der Waals surface area contributed by atoms with Crippen LogP contribution in [0.2, 0.25) is 10.0 Å². The lowest BCUT2D eigenvalue weighted by molar-refractivity contribution is -0.114. The lowest BCUT2D eigenvalue weighted by atomic mass is 10.1. The van der Waals surface area contributed by atoms with Gasteiger partial charge in [-0.15, -0.1) is 0 Å². The molecule has 28 heavy (non-hydrogen) atoms. The molecule has 148 valence electrons. The molecule has 1 fully saturated rings. The predicted octanol–water partition coefficient (Wildman–Crippen LogP) is 3.92. The molecule has 0 saturated carbocycles. The molecular formula is C20H21Cl2N3O3. The minimum absolute atomic E-state index is 0.154. The van der Waals surface area contributed by atoms with E-state index in [1.54, 1.807) is 11.0 Å². The molecule has 1 N–H and O–H groups in total. The van der Waals surface area contributed by atoms with E-state index in [2.05, 4.69) is 10.2 Å². The van der Waals surface area contributed by atoms with E-state index in [-0.39, 0.29) is 16.8 Å². The maximum Gasteiger partial charge on any atom is 0.257 e. The lowest BCUT2D eigenvalue weighted by Gasteiger charge is -2.36. The van der Waals surface area contributed by atoms with Crippen LogP contribution in [0.4, 0.5) is 11.4 Å². The standard InChI is InChI=1S/C20H21Cl2N3O3/c1-13(26)23-18-12-19(28-2)16(11-17(18)22)20(27)25-8-6-24(7-9-25)15-5-3-4-14(21)10-15/h3-5,10-12H,6-9H2,1-2H3,(H,23,26). The van der Waals surface area contributed by atoms with Gasteiger partial charge in [-0.05, 0) is 24.3 Å². The molecule has 0 spiro atoms. The van der Waals surface area contributed by atoms with E-state index < -0.39 is 0 Å². The van der Waals surface area contributed by atoms with E-state index in [4.69, 9.17) is 27.9 Å². The summed E-state index contributed by atoms with van der Waals surface area (Å²) in [4.78, 5) is 28.3. The van der Waals surface area contributed by atoms with Gasteiger partial charge in [0.05, 0.1) is 23.4 Å². The fourth-order valence-corrected chi connectivity index (χ4v) is 3.58. The highest BCUT2D eigenvalue weighted by Crippen LogP contribution is 2.32. The van der Waals surface area contributed by atoms with Crippen molar-refractivity contribution < 1.29 is 14.3 Å². The van der Waals surface area contributed by atoms with Crippen LogP contribution in [0.5, 0.6) is 5.75 Å². The van der Waals surface area contributed by atoms with E-state index in [1.165, 1.54) is 20.1 Å². The molecule has 0 atom stereocenters. The number of benzene rings is 2. The zero-order valence-electron chi connectivity index (χ0n) is 15.7. The van der Waals surface area contributed by atoms with Crippen molar-refractivity contribution in [1.82, 2.24) is 4.90 Å². The normalized spacial score (nSPS) is 14.0. The number of rotatable bonds is 4. The number of carbonyl (C=O) groups excluding carboxylic acids is 2. The molecule has 1 heterocycles. The average molecular weight is 422 g/mol. The number of amides is 2. The Kier molecular flexibility index (Phi) is 6.31. The maximum absolute atomic E-state index is 13.0. The summed E-state index contributed by atoms with van der Waals surface area (Å²) in [5.41, 5.74) is 1.83. The zero-order valence-corrected chi connectivity index (χ0v) is 17.2. The van der Waals surface area contributed by atoms with Crippen molar-refractivity contribution >= 4 is 46.4 Å². The van der Waals surface area contributed by atoms with Crippen LogP contribution in [0.3, 0.4) is 0 Å². The first-order chi connectivity index (χ1) is 13.4. The first-order valence-electron chi connectivity index (χ1n) is 8.84. The minimum Gasteiger partial charge on any atom is -0.496 e. The number of nitrogens with one attached hydrogen (secondary N) is 1. The Morgan fingerprint density at radius 3 is 2.39 bits per heavy atom. The third-order valence-electron chi connectivity index (χ3n) is 4.57. The third kappa shape index (κ3) is 4.51. The van der Waals surface area contributed by atoms with Gasteiger partial charge in [0, 0.05) is 49.9 Å². The van der Waals surface area contributed by atoms with Gasteiger partial charge in [0.25, 0.3) is 5.91 Å². The molecule has 2 aromatic carbocycles. The monoisotopic (exact) mass is 421 g/mol. The van der Waals surface area contributed by atoms with Crippen LogP contribution in [0.25, 0.3) is 0 Å². The average Bonchev–Trinajstić information content (AvgIpc) is 2.68. The fourth-order valence-electron chi connectivity index (χ4n) is 3.19. The van der Waals surface area contributed by atoms with Crippen molar-refractivity contribution in [2.75, 3.05) is 43.5 Å². The number of ether oxygens (including phenoxy) is 1. The van der Waals surface area contributed by atoms with E-state index >= 15 is 0 Å². The van der Waals surface area contributed by atoms with Crippen LogP contribution >= 0.6 is 23.2 Å². The number of hydrogen-bond acceptors (Lipinski definition) is 4. The molecule has 0 unspecified atom stereocenters. The quantitative estimate of drug-likeness (QED) is 0.812. The van der Waals surface area contributed by atoms with Gasteiger partial charge >= 0.3 is 0 Å². The molecule has 1 aliphatic rings. The summed E-state index contributed by atoms with van der Waals surface area (Å²) in [7, 11) is 1.48. The number of piperazine rings is 1. The molecule has 2 aromatic rings. The first-order valence-corrected chi connectivity index (χ1v) is 9.59. The summed E-state index contributed by atoms with van der Waals surface area (Å²) < 4.78 is 5.36. The van der Waals surface area contributed by atoms with Crippen molar-refractivity contribution in [3.05, 3.63) is 52.0 Å². The second-order valence-corrected chi connectivity index (χ2v) is 7.32. The number of nitrogens with zero attached hydrogens (tertiary/aromatic N) is 2. The van der Waals surface area contributed by atoms with Crippen LogP contribution in [-0.4, -0.2) is 50.0 Å². The van der Waals surface area contributed by atoms with Gasteiger partial charge in [0.1, 0.15) is 5.75 Å². The first kappa shape index (κ1) is 20.3. The van der Waals surface area contributed by atoms with Gasteiger partial charge in [-0.3, -0.25) is 9.59 Å². The summed E-state index contributed by atoms with van der Waals surface area (Å²) >= 11 is 12.3. The van der Waals surface area contributed by atoms with Crippen molar-refractivity contribution in [3.8, 4) is 5.75 Å². The Morgan fingerprint density at radius 1 is 1.07 bits per heavy atom. The Labute approximate surface area is 174 Å². The predicted molar refractivity (Wildman–Crippen MR) is 112 cm³/mol. The Morgan fingerprint density at radius 2 is 1.79 bits per heavy atom. The number of hydrogen-bond donors (Lipinski definition) is 1. The molecule has 0 aromatic heterocycles. The van der Waals surface area contributed by atoms with E-state index in [9.17, 15) is 9.59 Å². The van der Waals surface area contributed by atoms with E-state index in [0.29, 0.717) is 48.2 Å². The number of halogens is 2. The lowest BCUT2D eigenvalue weighted by Crippen LogP contribution is -2.48. The summed E-state index contributed by atoms with van der Waals surface area (Å²) in [5.74, 6) is -0.0329. The molecule has 0 radical (unpaired) electrons. The molecular weight excluding hydrogens is 401 g/mol. The SMILES string of the molecule is COc1cc(NC(C)=O)c(Cl)cc1C(=O)N1CCN(c2cccc(Cl)c2)CC1. The highest BCUT2D eigenvalue weighted by molar-refractivity contribution is 6.34. The van der Waals surface area contributed by atoms with E-state index in [1.807, 2.05) is 24.3 Å². The second kappa shape index (κ2) is 8.71. The van der Waals surface area contributed by atoms with Crippen LogP contribution in [0.1, 0.15) is 17.3 Å². The van der Waals surface area contributed by atoms with Crippen LogP contribution in [-0.2, 0) is 4.79 Å². The molecule has 1 saturated heterocycles. The van der Waals surface area contributed by atoms with Crippen LogP contribution < -0.4 is 15.0 Å². The number of anilines is 2. The smallest absolute Gasteiger partial charge is 0.257 e. The summed E-state index contributed by atoms with van der Waals surface area (Å²) in [6.07, 6.45) is 0. The molecule has 0 aliphatic carbocycles. The van der Waals surface area contributed by atoms with Gasteiger partial charge in [-0.25, -0.2) is 0 Å². The molecule has 8 heteroatoms. The minimum atomic E-state index is -0.250. The Bertz CT molecular complexity index is 896. The largest absolute Gasteiger partial charge is 0.496 e. The van der Waals surface area contributed by atoms with E-state index in [0.717, 1.165) is 5.69 Å². The third-order valence-corrected chi connectivity index (χ3v) is 5.12. The molecule has 1 aliphatic heterocycles. The van der Waals surface area contributed by atoms with Crippen LogP contribution in [0.15, 0.2) is 36.4 Å². The van der Waals surface area contributed by atoms with Gasteiger partial charge in [0.2, 0.25) is 5.91 Å². The summed E-state index contributed by atoms with van der Waals surface area (Å²) in [5, 5.41) is 3.61. The second-order valence-electron chi connectivity index (χ2n) is 6.47. The zero-order chi connectivity index (χ0) is 20.3. The molecule has 0 bridgehead atoms. The van der Waals surface area contributed by atoms with Crippen molar-refractivity contribution in [2.24, 2.45) is 0 Å². The van der Waals surface area contributed by atoms with Gasteiger partial charge in [0.15, 0.2) is 0 Å². The van der Waals surface area contributed by atoms with Crippen molar-refractivity contribution in [1.29, 1.82) is 0 Å². The molecule has 2 amide bonds. The van der Waals surface area contributed by atoms with Gasteiger partial charge < -0.3 is 19.9 Å². The summed E-state index contributed by atoms with van der Waals surface area (Å²) in [6.45, 7) is 3.93. The van der Waals surface area contributed by atoms with Crippen molar-refractivity contribution in [2.45, 2.75) is 6.92 Å². The summed E-state index contributed by atoms with van der Waals surface area (Å²) in [6, 6.07) is 10.8. The van der Waals surface area contributed by atoms with Crippen LogP contribution in [0, 0.1) is 0 Å². The van der Waals surface area contributed by atoms with Gasteiger partial charge in [-0.1, -0.05) is 29.3 Å². The Hall–Kier alpha value is -2.44. The number of methoxy groups -OCH3 is 1. The fraction of sp³-hybridized carbons (Fsp3) is 0.300. The molecule has 3 rings (SSSR count). The van der Waals surface area contributed by atoms with Crippen molar-refractivity contribution in [3.63, 3.8) is 0 Å². The topological polar surface area (TPSA) is 61.9 Å². The Balaban J connectivity index is 1.74. The number of carbonyl (C=O) groups is 2.